The lowest BCUT2D eigenvalue weighted by Gasteiger charge is -2.10. The second kappa shape index (κ2) is 5.97. The summed E-state index contributed by atoms with van der Waals surface area (Å²) in [6.45, 7) is 8.53. The maximum Gasteiger partial charge on any atom is 0.123 e. The highest BCUT2D eigenvalue weighted by molar-refractivity contribution is 5.69. The third kappa shape index (κ3) is 2.84. The van der Waals surface area contributed by atoms with Crippen molar-refractivity contribution in [2.75, 3.05) is 6.54 Å². The van der Waals surface area contributed by atoms with E-state index in [1.54, 1.807) is 6.07 Å². The zero-order valence-electron chi connectivity index (χ0n) is 11.7. The van der Waals surface area contributed by atoms with Crippen LogP contribution in [-0.2, 0) is 13.1 Å². The molecule has 0 aliphatic carbocycles. The topological polar surface area (TPSA) is 29.9 Å². The molecule has 2 rings (SSSR count). The summed E-state index contributed by atoms with van der Waals surface area (Å²) in [4.78, 5) is 0. The van der Waals surface area contributed by atoms with Crippen LogP contribution in [-0.4, -0.2) is 16.3 Å². The molecule has 0 amide bonds. The van der Waals surface area contributed by atoms with Crippen LogP contribution < -0.4 is 5.32 Å². The van der Waals surface area contributed by atoms with Gasteiger partial charge in [-0.2, -0.15) is 5.10 Å². The number of hydrogen-bond acceptors (Lipinski definition) is 2. The number of rotatable bonds is 5. The Morgan fingerprint density at radius 3 is 2.68 bits per heavy atom. The minimum atomic E-state index is -0.197. The van der Waals surface area contributed by atoms with Gasteiger partial charge in [-0.25, -0.2) is 4.39 Å². The van der Waals surface area contributed by atoms with Crippen LogP contribution >= 0.6 is 0 Å². The molecule has 0 aliphatic rings. The highest BCUT2D eigenvalue weighted by atomic mass is 19.1. The third-order valence-corrected chi connectivity index (χ3v) is 3.33. The monoisotopic (exact) mass is 261 g/mol. The van der Waals surface area contributed by atoms with Crippen molar-refractivity contribution in [2.24, 2.45) is 0 Å². The van der Waals surface area contributed by atoms with Gasteiger partial charge in [0.15, 0.2) is 0 Å². The van der Waals surface area contributed by atoms with Gasteiger partial charge < -0.3 is 5.32 Å². The molecule has 0 aliphatic heterocycles. The largest absolute Gasteiger partial charge is 0.313 e. The molecule has 1 aromatic heterocycles. The standard InChI is InChI=1S/C15H20FN3/c1-4-17-9-12-8-13(16)6-7-14(12)15-10-18-19(5-2)11(15)3/h6-8,10,17H,4-5,9H2,1-3H3. The van der Waals surface area contributed by atoms with Gasteiger partial charge in [0.05, 0.1) is 6.20 Å². The Morgan fingerprint density at radius 2 is 2.05 bits per heavy atom. The van der Waals surface area contributed by atoms with Crippen LogP contribution in [0.5, 0.6) is 0 Å². The summed E-state index contributed by atoms with van der Waals surface area (Å²) in [5.74, 6) is -0.197. The maximum absolute atomic E-state index is 13.4. The Hall–Kier alpha value is -1.68. The second-order valence-corrected chi connectivity index (χ2v) is 4.54. The number of aromatic nitrogens is 2. The van der Waals surface area contributed by atoms with Crippen LogP contribution in [0.1, 0.15) is 25.1 Å². The summed E-state index contributed by atoms with van der Waals surface area (Å²) in [6, 6.07) is 4.94. The highest BCUT2D eigenvalue weighted by Gasteiger charge is 2.12. The molecule has 0 atom stereocenters. The molecule has 2 aromatic rings. The first kappa shape index (κ1) is 13.7. The van der Waals surface area contributed by atoms with E-state index in [4.69, 9.17) is 0 Å². The van der Waals surface area contributed by atoms with E-state index >= 15 is 0 Å². The van der Waals surface area contributed by atoms with Gasteiger partial charge in [-0.1, -0.05) is 13.0 Å². The van der Waals surface area contributed by atoms with E-state index in [1.165, 1.54) is 6.07 Å². The van der Waals surface area contributed by atoms with Crippen LogP contribution in [0.15, 0.2) is 24.4 Å². The lowest BCUT2D eigenvalue weighted by atomic mass is 10.00. The molecular formula is C15H20FN3. The zero-order valence-corrected chi connectivity index (χ0v) is 11.7. The van der Waals surface area contributed by atoms with Crippen LogP contribution in [0.4, 0.5) is 4.39 Å². The van der Waals surface area contributed by atoms with E-state index in [2.05, 4.69) is 17.3 Å². The molecule has 1 N–H and O–H groups in total. The molecule has 0 spiro atoms. The maximum atomic E-state index is 13.4. The molecule has 1 aromatic carbocycles. The third-order valence-electron chi connectivity index (χ3n) is 3.33. The van der Waals surface area contributed by atoms with Crippen LogP contribution in [0, 0.1) is 12.7 Å². The van der Waals surface area contributed by atoms with Gasteiger partial charge in [-0.05, 0) is 43.7 Å². The number of aryl methyl sites for hydroxylation is 1. The van der Waals surface area contributed by atoms with E-state index in [9.17, 15) is 4.39 Å². The number of benzene rings is 1. The fourth-order valence-corrected chi connectivity index (χ4v) is 2.26. The van der Waals surface area contributed by atoms with Gasteiger partial charge in [0.1, 0.15) is 5.82 Å². The van der Waals surface area contributed by atoms with Crippen molar-refractivity contribution in [1.29, 1.82) is 0 Å². The van der Waals surface area contributed by atoms with Crippen LogP contribution in [0.25, 0.3) is 11.1 Å². The van der Waals surface area contributed by atoms with E-state index in [0.29, 0.717) is 6.54 Å². The van der Waals surface area contributed by atoms with Crippen molar-refractivity contribution in [1.82, 2.24) is 15.1 Å². The lowest BCUT2D eigenvalue weighted by Crippen LogP contribution is -2.12. The van der Waals surface area contributed by atoms with Gasteiger partial charge in [0, 0.05) is 24.3 Å². The summed E-state index contributed by atoms with van der Waals surface area (Å²) in [7, 11) is 0. The average Bonchev–Trinajstić information content (AvgIpc) is 2.77. The Labute approximate surface area is 113 Å². The van der Waals surface area contributed by atoms with E-state index in [1.807, 2.05) is 30.8 Å². The first-order chi connectivity index (χ1) is 9.17. The second-order valence-electron chi connectivity index (χ2n) is 4.54. The first-order valence-electron chi connectivity index (χ1n) is 6.69. The molecule has 0 bridgehead atoms. The normalized spacial score (nSPS) is 10.9. The quantitative estimate of drug-likeness (QED) is 0.896. The fraction of sp³-hybridized carbons (Fsp3) is 0.400. The fourth-order valence-electron chi connectivity index (χ4n) is 2.26. The van der Waals surface area contributed by atoms with Crippen molar-refractivity contribution in [2.45, 2.75) is 33.9 Å². The van der Waals surface area contributed by atoms with Crippen molar-refractivity contribution in [3.05, 3.63) is 41.5 Å². The lowest BCUT2D eigenvalue weighted by molar-refractivity contribution is 0.622. The predicted molar refractivity (Wildman–Crippen MR) is 75.4 cm³/mol. The molecule has 0 saturated carbocycles. The molecular weight excluding hydrogens is 241 g/mol. The number of hydrogen-bond donors (Lipinski definition) is 1. The molecule has 19 heavy (non-hydrogen) atoms. The molecule has 0 saturated heterocycles. The van der Waals surface area contributed by atoms with Gasteiger partial charge >= 0.3 is 0 Å². The minimum absolute atomic E-state index is 0.197. The van der Waals surface area contributed by atoms with Crippen LogP contribution in [0.3, 0.4) is 0 Å². The average molecular weight is 261 g/mol. The molecule has 0 fully saturated rings. The van der Waals surface area contributed by atoms with Gasteiger partial charge in [0.25, 0.3) is 0 Å². The first-order valence-corrected chi connectivity index (χ1v) is 6.69. The summed E-state index contributed by atoms with van der Waals surface area (Å²) in [6.07, 6.45) is 1.86. The smallest absolute Gasteiger partial charge is 0.123 e. The van der Waals surface area contributed by atoms with Crippen LogP contribution in [0.2, 0.25) is 0 Å². The summed E-state index contributed by atoms with van der Waals surface area (Å²) < 4.78 is 15.4. The summed E-state index contributed by atoms with van der Waals surface area (Å²) in [5, 5.41) is 7.61. The molecule has 1 heterocycles. The summed E-state index contributed by atoms with van der Waals surface area (Å²) in [5.41, 5.74) is 4.22. The van der Waals surface area contributed by atoms with E-state index < -0.39 is 0 Å². The minimum Gasteiger partial charge on any atom is -0.313 e. The Bertz CT molecular complexity index is 561. The number of halogens is 1. The predicted octanol–water partition coefficient (Wildman–Crippen LogP) is 3.13. The molecule has 4 heteroatoms. The van der Waals surface area contributed by atoms with E-state index in [-0.39, 0.29) is 5.82 Å². The Morgan fingerprint density at radius 1 is 1.26 bits per heavy atom. The van der Waals surface area contributed by atoms with Crippen molar-refractivity contribution in [3.63, 3.8) is 0 Å². The summed E-state index contributed by atoms with van der Waals surface area (Å²) >= 11 is 0. The van der Waals surface area contributed by atoms with Gasteiger partial charge in [-0.3, -0.25) is 4.68 Å². The number of nitrogens with one attached hydrogen (secondary N) is 1. The van der Waals surface area contributed by atoms with Crippen molar-refractivity contribution >= 4 is 0 Å². The van der Waals surface area contributed by atoms with Gasteiger partial charge in [-0.15, -0.1) is 0 Å². The van der Waals surface area contributed by atoms with Crippen molar-refractivity contribution in [3.8, 4) is 11.1 Å². The molecule has 0 unspecified atom stereocenters. The highest BCUT2D eigenvalue weighted by Crippen LogP contribution is 2.27. The van der Waals surface area contributed by atoms with E-state index in [0.717, 1.165) is 35.5 Å². The molecule has 0 radical (unpaired) electrons. The molecule has 3 nitrogen and oxygen atoms in total. The SMILES string of the molecule is CCNCc1cc(F)ccc1-c1cnn(CC)c1C. The Balaban J connectivity index is 2.45. The zero-order chi connectivity index (χ0) is 13.8. The van der Waals surface area contributed by atoms with Crippen molar-refractivity contribution < 1.29 is 4.39 Å². The molecule has 102 valence electrons. The Kier molecular flexibility index (Phi) is 4.32. The van der Waals surface area contributed by atoms with Gasteiger partial charge in [0.2, 0.25) is 0 Å². The number of nitrogens with zero attached hydrogens (tertiary/aromatic N) is 2.